The van der Waals surface area contributed by atoms with Gasteiger partial charge in [0.05, 0.1) is 5.25 Å². The third kappa shape index (κ3) is 2.01. The molecule has 0 aromatic rings. The summed E-state index contributed by atoms with van der Waals surface area (Å²) in [5.74, 6) is 1.63. The van der Waals surface area contributed by atoms with Gasteiger partial charge in [0.15, 0.2) is 0 Å². The molecular weight excluding hydrogens is 144 g/mol. The van der Waals surface area contributed by atoms with Crippen LogP contribution in [0.1, 0.15) is 32.6 Å². The molecule has 1 rings (SSSR count). The Bertz CT molecular complexity index is 122. The highest BCUT2D eigenvalue weighted by atomic mass is 32.2. The zero-order valence-electron chi connectivity index (χ0n) is 6.43. The minimum atomic E-state index is 0.361. The number of hydrogen-bond acceptors (Lipinski definition) is 2. The lowest BCUT2D eigenvalue weighted by atomic mass is 10.3. The van der Waals surface area contributed by atoms with E-state index in [0.717, 1.165) is 25.0 Å². The van der Waals surface area contributed by atoms with Gasteiger partial charge in [0, 0.05) is 6.42 Å². The first-order valence-corrected chi connectivity index (χ1v) is 5.03. The van der Waals surface area contributed by atoms with Gasteiger partial charge in [-0.1, -0.05) is 6.92 Å². The number of carbonyl (C=O) groups is 1. The molecule has 1 nitrogen and oxygen atoms in total. The third-order valence-corrected chi connectivity index (χ3v) is 3.32. The molecule has 1 atom stereocenters. The average molecular weight is 158 g/mol. The second-order valence-corrected chi connectivity index (χ2v) is 4.03. The molecule has 0 N–H and O–H groups in total. The van der Waals surface area contributed by atoms with Crippen LogP contribution in [0.2, 0.25) is 0 Å². The predicted octanol–water partition coefficient (Wildman–Crippen LogP) is 2.25. The molecule has 0 heterocycles. The monoisotopic (exact) mass is 158 g/mol. The van der Waals surface area contributed by atoms with Crippen LogP contribution < -0.4 is 0 Å². The van der Waals surface area contributed by atoms with Crippen LogP contribution in [0.4, 0.5) is 0 Å². The molecule has 10 heavy (non-hydrogen) atoms. The summed E-state index contributed by atoms with van der Waals surface area (Å²) in [6.45, 7) is 2.16. The van der Waals surface area contributed by atoms with Crippen LogP contribution in [0.25, 0.3) is 0 Å². The normalized spacial score (nSPS) is 25.7. The van der Waals surface area contributed by atoms with Gasteiger partial charge in [0.2, 0.25) is 0 Å². The van der Waals surface area contributed by atoms with Crippen LogP contribution in [0.15, 0.2) is 0 Å². The summed E-state index contributed by atoms with van der Waals surface area (Å²) < 4.78 is 0. The SMILES string of the molecule is CCCSC1CCCC1=O. The van der Waals surface area contributed by atoms with Gasteiger partial charge in [0.1, 0.15) is 5.78 Å². The van der Waals surface area contributed by atoms with Gasteiger partial charge in [-0.25, -0.2) is 0 Å². The van der Waals surface area contributed by atoms with Crippen LogP contribution in [-0.4, -0.2) is 16.8 Å². The standard InChI is InChI=1S/C8H14OS/c1-2-6-10-8-5-3-4-7(8)9/h8H,2-6H2,1H3. The van der Waals surface area contributed by atoms with Crippen LogP contribution >= 0.6 is 11.8 Å². The summed E-state index contributed by atoms with van der Waals surface area (Å²) in [5.41, 5.74) is 0. The summed E-state index contributed by atoms with van der Waals surface area (Å²) >= 11 is 1.84. The Morgan fingerprint density at radius 2 is 2.50 bits per heavy atom. The molecule has 0 aromatic carbocycles. The Labute approximate surface area is 66.6 Å². The van der Waals surface area contributed by atoms with Crippen molar-refractivity contribution in [3.05, 3.63) is 0 Å². The number of Topliss-reactive ketones (excluding diaryl/α,β-unsaturated/α-hetero) is 1. The van der Waals surface area contributed by atoms with E-state index >= 15 is 0 Å². The van der Waals surface area contributed by atoms with Crippen molar-refractivity contribution in [2.75, 3.05) is 5.75 Å². The summed E-state index contributed by atoms with van der Waals surface area (Å²) in [4.78, 5) is 11.1. The van der Waals surface area contributed by atoms with Crippen LogP contribution in [0.3, 0.4) is 0 Å². The Morgan fingerprint density at radius 1 is 1.70 bits per heavy atom. The van der Waals surface area contributed by atoms with Gasteiger partial charge in [0.25, 0.3) is 0 Å². The Hall–Kier alpha value is 0.0200. The molecule has 0 saturated heterocycles. The lowest BCUT2D eigenvalue weighted by Gasteiger charge is -2.04. The van der Waals surface area contributed by atoms with E-state index in [0.29, 0.717) is 11.0 Å². The molecule has 0 spiro atoms. The van der Waals surface area contributed by atoms with Crippen molar-refractivity contribution in [1.29, 1.82) is 0 Å². The number of thioether (sulfide) groups is 1. The van der Waals surface area contributed by atoms with Crippen molar-refractivity contribution in [1.82, 2.24) is 0 Å². The minimum absolute atomic E-state index is 0.361. The first-order chi connectivity index (χ1) is 4.84. The van der Waals surface area contributed by atoms with E-state index in [1.165, 1.54) is 6.42 Å². The molecule has 0 aliphatic heterocycles. The van der Waals surface area contributed by atoms with Gasteiger partial charge < -0.3 is 0 Å². The molecule has 58 valence electrons. The van der Waals surface area contributed by atoms with Gasteiger partial charge in [-0.2, -0.15) is 11.8 Å². The maximum Gasteiger partial charge on any atom is 0.145 e. The van der Waals surface area contributed by atoms with Crippen LogP contribution in [0, 0.1) is 0 Å². The molecule has 2 heteroatoms. The smallest absolute Gasteiger partial charge is 0.145 e. The summed E-state index contributed by atoms with van der Waals surface area (Å²) in [6, 6.07) is 0. The van der Waals surface area contributed by atoms with E-state index in [9.17, 15) is 4.79 Å². The quantitative estimate of drug-likeness (QED) is 0.626. The Morgan fingerprint density at radius 3 is 3.00 bits per heavy atom. The van der Waals surface area contributed by atoms with Crippen molar-refractivity contribution in [2.24, 2.45) is 0 Å². The zero-order valence-corrected chi connectivity index (χ0v) is 7.25. The molecule has 0 aromatic heterocycles. The highest BCUT2D eigenvalue weighted by molar-refractivity contribution is 8.00. The van der Waals surface area contributed by atoms with E-state index in [-0.39, 0.29) is 0 Å². The Balaban J connectivity index is 2.20. The van der Waals surface area contributed by atoms with Gasteiger partial charge in [-0.3, -0.25) is 4.79 Å². The van der Waals surface area contributed by atoms with Crippen molar-refractivity contribution < 1.29 is 4.79 Å². The predicted molar refractivity (Wildman–Crippen MR) is 45.4 cm³/mol. The number of carbonyl (C=O) groups excluding carboxylic acids is 1. The molecule has 1 saturated carbocycles. The van der Waals surface area contributed by atoms with Gasteiger partial charge in [-0.15, -0.1) is 0 Å². The zero-order chi connectivity index (χ0) is 7.40. The van der Waals surface area contributed by atoms with Crippen LogP contribution in [-0.2, 0) is 4.79 Å². The largest absolute Gasteiger partial charge is 0.298 e. The second-order valence-electron chi connectivity index (χ2n) is 2.72. The summed E-state index contributed by atoms with van der Waals surface area (Å²) in [7, 11) is 0. The number of hydrogen-bond donors (Lipinski definition) is 0. The minimum Gasteiger partial charge on any atom is -0.298 e. The fourth-order valence-electron chi connectivity index (χ4n) is 1.22. The van der Waals surface area contributed by atoms with E-state index in [2.05, 4.69) is 6.92 Å². The fraction of sp³-hybridized carbons (Fsp3) is 0.875. The molecule has 1 fully saturated rings. The highest BCUT2D eigenvalue weighted by Crippen LogP contribution is 2.26. The van der Waals surface area contributed by atoms with E-state index < -0.39 is 0 Å². The molecule has 0 radical (unpaired) electrons. The maximum absolute atomic E-state index is 11.1. The number of ketones is 1. The van der Waals surface area contributed by atoms with E-state index in [1.807, 2.05) is 11.8 Å². The third-order valence-electron chi connectivity index (χ3n) is 1.77. The van der Waals surface area contributed by atoms with Crippen molar-refractivity contribution in [3.63, 3.8) is 0 Å². The van der Waals surface area contributed by atoms with Crippen LogP contribution in [0.5, 0.6) is 0 Å². The first kappa shape index (κ1) is 8.12. The molecule has 0 bridgehead atoms. The van der Waals surface area contributed by atoms with Crippen molar-refractivity contribution in [2.45, 2.75) is 37.9 Å². The van der Waals surface area contributed by atoms with Crippen molar-refractivity contribution >= 4 is 17.5 Å². The average Bonchev–Trinajstić information content (AvgIpc) is 2.31. The molecular formula is C8H14OS. The molecule has 1 aliphatic carbocycles. The fourth-order valence-corrected chi connectivity index (χ4v) is 2.38. The number of rotatable bonds is 3. The molecule has 0 amide bonds. The first-order valence-electron chi connectivity index (χ1n) is 3.99. The van der Waals surface area contributed by atoms with Gasteiger partial charge in [-0.05, 0) is 25.0 Å². The maximum atomic E-state index is 11.1. The van der Waals surface area contributed by atoms with E-state index in [4.69, 9.17) is 0 Å². The van der Waals surface area contributed by atoms with E-state index in [1.54, 1.807) is 0 Å². The topological polar surface area (TPSA) is 17.1 Å². The summed E-state index contributed by atoms with van der Waals surface area (Å²) in [6.07, 6.45) is 4.28. The Kier molecular flexibility index (Phi) is 3.26. The second kappa shape index (κ2) is 4.02. The lowest BCUT2D eigenvalue weighted by molar-refractivity contribution is -0.116. The lowest BCUT2D eigenvalue weighted by Crippen LogP contribution is -2.08. The highest BCUT2D eigenvalue weighted by Gasteiger charge is 2.23. The molecule has 1 unspecified atom stereocenters. The summed E-state index contributed by atoms with van der Waals surface area (Å²) in [5, 5.41) is 0.361. The van der Waals surface area contributed by atoms with Crippen molar-refractivity contribution in [3.8, 4) is 0 Å². The molecule has 1 aliphatic rings. The van der Waals surface area contributed by atoms with Gasteiger partial charge >= 0.3 is 0 Å².